The fraction of sp³-hybridized carbons (Fsp3) is 0.929. The Hall–Kier alpha value is -0.220. The predicted octanol–water partition coefficient (Wildman–Crippen LogP) is 2.46. The van der Waals surface area contributed by atoms with Crippen LogP contribution in [0.3, 0.4) is 0 Å². The molecule has 0 aromatic rings. The van der Waals surface area contributed by atoms with Gasteiger partial charge in [-0.15, -0.1) is 0 Å². The first kappa shape index (κ1) is 14.2. The number of carbonyl (C=O) groups is 1. The molecule has 0 bridgehead atoms. The van der Waals surface area contributed by atoms with E-state index in [0.717, 1.165) is 30.8 Å². The molecule has 0 aromatic heterocycles. The van der Waals surface area contributed by atoms with E-state index in [-0.39, 0.29) is 11.7 Å². The van der Waals surface area contributed by atoms with Gasteiger partial charge in [-0.25, -0.2) is 0 Å². The SMILES string of the molecule is CCSCC(C)N1C(=O)C2(CC2)NC1CC(C)C. The minimum Gasteiger partial charge on any atom is -0.322 e. The van der Waals surface area contributed by atoms with Gasteiger partial charge < -0.3 is 4.90 Å². The van der Waals surface area contributed by atoms with E-state index in [1.807, 2.05) is 11.8 Å². The number of carbonyl (C=O) groups excluding carboxylic acids is 1. The first-order chi connectivity index (χ1) is 8.50. The molecule has 104 valence electrons. The lowest BCUT2D eigenvalue weighted by atomic mass is 10.1. The van der Waals surface area contributed by atoms with Crippen LogP contribution in [0, 0.1) is 5.92 Å². The third kappa shape index (κ3) is 2.69. The summed E-state index contributed by atoms with van der Waals surface area (Å²) in [6, 6.07) is 0.346. The zero-order valence-electron chi connectivity index (χ0n) is 12.0. The van der Waals surface area contributed by atoms with Crippen LogP contribution in [0.15, 0.2) is 0 Å². The number of amides is 1. The Morgan fingerprint density at radius 1 is 1.44 bits per heavy atom. The van der Waals surface area contributed by atoms with Gasteiger partial charge in [0, 0.05) is 11.8 Å². The predicted molar refractivity (Wildman–Crippen MR) is 77.7 cm³/mol. The third-order valence-corrected chi connectivity index (χ3v) is 5.03. The maximum absolute atomic E-state index is 12.5. The van der Waals surface area contributed by atoms with Crippen molar-refractivity contribution in [3.05, 3.63) is 0 Å². The molecule has 0 radical (unpaired) electrons. The van der Waals surface area contributed by atoms with Crippen molar-refractivity contribution < 1.29 is 4.79 Å². The normalized spacial score (nSPS) is 27.3. The van der Waals surface area contributed by atoms with Crippen molar-refractivity contribution in [3.63, 3.8) is 0 Å². The first-order valence-electron chi connectivity index (χ1n) is 7.18. The molecule has 0 aromatic carbocycles. The van der Waals surface area contributed by atoms with Crippen LogP contribution in [0.1, 0.15) is 47.0 Å². The summed E-state index contributed by atoms with van der Waals surface area (Å²) >= 11 is 1.92. The zero-order valence-corrected chi connectivity index (χ0v) is 12.8. The van der Waals surface area contributed by atoms with Crippen LogP contribution in [0.4, 0.5) is 0 Å². The molecule has 2 unspecified atom stereocenters. The highest BCUT2D eigenvalue weighted by Crippen LogP contribution is 2.43. The van der Waals surface area contributed by atoms with Gasteiger partial charge in [0.25, 0.3) is 0 Å². The first-order valence-corrected chi connectivity index (χ1v) is 8.34. The highest BCUT2D eigenvalue weighted by Gasteiger charge is 2.59. The number of hydrogen-bond donors (Lipinski definition) is 1. The highest BCUT2D eigenvalue weighted by molar-refractivity contribution is 7.99. The summed E-state index contributed by atoms with van der Waals surface area (Å²) in [6.45, 7) is 8.83. The Balaban J connectivity index is 2.05. The summed E-state index contributed by atoms with van der Waals surface area (Å²) in [4.78, 5) is 14.7. The lowest BCUT2D eigenvalue weighted by Gasteiger charge is -2.31. The molecular formula is C14H26N2OS. The van der Waals surface area contributed by atoms with Gasteiger partial charge in [-0.2, -0.15) is 11.8 Å². The zero-order chi connectivity index (χ0) is 13.3. The van der Waals surface area contributed by atoms with Crippen molar-refractivity contribution in [1.82, 2.24) is 10.2 Å². The van der Waals surface area contributed by atoms with Crippen molar-refractivity contribution in [2.24, 2.45) is 5.92 Å². The van der Waals surface area contributed by atoms with Gasteiger partial charge in [0.2, 0.25) is 5.91 Å². The summed E-state index contributed by atoms with van der Waals surface area (Å²) in [5.74, 6) is 3.16. The van der Waals surface area contributed by atoms with Crippen LogP contribution in [-0.2, 0) is 4.79 Å². The van der Waals surface area contributed by atoms with E-state index in [1.165, 1.54) is 0 Å². The summed E-state index contributed by atoms with van der Waals surface area (Å²) < 4.78 is 0. The Bertz CT molecular complexity index is 315. The fourth-order valence-electron chi connectivity index (χ4n) is 2.82. The van der Waals surface area contributed by atoms with Gasteiger partial charge in [0.05, 0.1) is 11.7 Å². The molecule has 1 N–H and O–H groups in total. The minimum atomic E-state index is -0.162. The Morgan fingerprint density at radius 3 is 2.61 bits per heavy atom. The van der Waals surface area contributed by atoms with E-state index in [9.17, 15) is 4.79 Å². The van der Waals surface area contributed by atoms with E-state index in [1.54, 1.807) is 0 Å². The smallest absolute Gasteiger partial charge is 0.244 e. The molecule has 1 amide bonds. The molecule has 2 aliphatic rings. The molecule has 1 heterocycles. The Kier molecular flexibility index (Phi) is 4.27. The van der Waals surface area contributed by atoms with Crippen molar-refractivity contribution in [2.45, 2.75) is 64.7 Å². The van der Waals surface area contributed by atoms with Crippen LogP contribution < -0.4 is 5.32 Å². The van der Waals surface area contributed by atoms with E-state index < -0.39 is 0 Å². The summed E-state index contributed by atoms with van der Waals surface area (Å²) in [5.41, 5.74) is -0.162. The summed E-state index contributed by atoms with van der Waals surface area (Å²) in [7, 11) is 0. The van der Waals surface area contributed by atoms with Gasteiger partial charge in [-0.3, -0.25) is 10.1 Å². The number of hydrogen-bond acceptors (Lipinski definition) is 3. The molecule has 2 atom stereocenters. The van der Waals surface area contributed by atoms with Gasteiger partial charge in [0.15, 0.2) is 0 Å². The van der Waals surface area contributed by atoms with Crippen LogP contribution in [0.2, 0.25) is 0 Å². The van der Waals surface area contributed by atoms with Crippen LogP contribution in [0.25, 0.3) is 0 Å². The van der Waals surface area contributed by atoms with E-state index in [2.05, 4.69) is 37.9 Å². The van der Waals surface area contributed by atoms with Crippen molar-refractivity contribution >= 4 is 17.7 Å². The quantitative estimate of drug-likeness (QED) is 0.805. The third-order valence-electron chi connectivity index (χ3n) is 3.91. The molecular weight excluding hydrogens is 244 g/mol. The van der Waals surface area contributed by atoms with Gasteiger partial charge in [0.1, 0.15) is 0 Å². The average molecular weight is 270 g/mol. The van der Waals surface area contributed by atoms with Gasteiger partial charge >= 0.3 is 0 Å². The fourth-order valence-corrected chi connectivity index (χ4v) is 3.55. The second kappa shape index (κ2) is 5.41. The molecule has 1 saturated carbocycles. The van der Waals surface area contributed by atoms with E-state index in [4.69, 9.17) is 0 Å². The van der Waals surface area contributed by atoms with Crippen molar-refractivity contribution in [3.8, 4) is 0 Å². The van der Waals surface area contributed by atoms with Crippen LogP contribution in [0.5, 0.6) is 0 Å². The second-order valence-electron chi connectivity index (χ2n) is 6.09. The molecule has 1 aliphatic carbocycles. The topological polar surface area (TPSA) is 32.3 Å². The molecule has 2 fully saturated rings. The minimum absolute atomic E-state index is 0.162. The monoisotopic (exact) mass is 270 g/mol. The number of thioether (sulfide) groups is 1. The van der Waals surface area contributed by atoms with Gasteiger partial charge in [-0.05, 0) is 37.9 Å². The Labute approximate surface area is 115 Å². The van der Waals surface area contributed by atoms with Crippen LogP contribution in [-0.4, -0.2) is 40.1 Å². The summed E-state index contributed by atoms with van der Waals surface area (Å²) in [5, 5.41) is 3.60. The Morgan fingerprint density at radius 2 is 2.11 bits per heavy atom. The molecule has 18 heavy (non-hydrogen) atoms. The van der Waals surface area contributed by atoms with Gasteiger partial charge in [-0.1, -0.05) is 20.8 Å². The van der Waals surface area contributed by atoms with E-state index >= 15 is 0 Å². The summed E-state index contributed by atoms with van der Waals surface area (Å²) in [6.07, 6.45) is 3.39. The lowest BCUT2D eigenvalue weighted by molar-refractivity contribution is -0.132. The van der Waals surface area contributed by atoms with E-state index in [0.29, 0.717) is 17.9 Å². The number of nitrogens with zero attached hydrogens (tertiary/aromatic N) is 1. The average Bonchev–Trinajstić information content (AvgIpc) is 3.00. The molecule has 1 saturated heterocycles. The molecule has 3 nitrogen and oxygen atoms in total. The number of rotatable bonds is 6. The molecule has 2 rings (SSSR count). The standard InChI is InChI=1S/C14H26N2OS/c1-5-18-9-11(4)16-12(8-10(2)3)15-14(6-7-14)13(16)17/h10-12,15H,5-9H2,1-4H3. The molecule has 4 heteroatoms. The molecule has 1 aliphatic heterocycles. The largest absolute Gasteiger partial charge is 0.322 e. The van der Waals surface area contributed by atoms with Crippen LogP contribution >= 0.6 is 11.8 Å². The van der Waals surface area contributed by atoms with Crippen molar-refractivity contribution in [2.75, 3.05) is 11.5 Å². The second-order valence-corrected chi connectivity index (χ2v) is 7.41. The maximum Gasteiger partial charge on any atom is 0.244 e. The lowest BCUT2D eigenvalue weighted by Crippen LogP contribution is -2.45. The maximum atomic E-state index is 12.5. The van der Waals surface area contributed by atoms with Crippen molar-refractivity contribution in [1.29, 1.82) is 0 Å². The number of nitrogens with one attached hydrogen (secondary N) is 1. The highest BCUT2D eigenvalue weighted by atomic mass is 32.2. The molecule has 1 spiro atoms.